The number of aliphatic carboxylic acids is 1. The molecule has 0 aliphatic heterocycles. The lowest BCUT2D eigenvalue weighted by Crippen LogP contribution is -2.24. The normalized spacial score (nSPS) is 10.7. The standard InChI is InChI=1S/C11H11BrN4O3S/c1-13-8(17)4-16-10-7(2-6(12)3-14-10)15-11(16)20-5-9(18)19/h2-3H,4-5H2,1H3,(H,13,17)(H,18,19). The molecule has 0 fully saturated rings. The fraction of sp³-hybridized carbons (Fsp3) is 0.273. The number of carbonyl (C=O) groups is 2. The Balaban J connectivity index is 2.44. The van der Waals surface area contributed by atoms with E-state index in [1.165, 1.54) is 7.05 Å². The number of nitrogens with one attached hydrogen (secondary N) is 1. The maximum absolute atomic E-state index is 11.6. The van der Waals surface area contributed by atoms with Crippen LogP contribution in [0.4, 0.5) is 0 Å². The molecule has 0 spiro atoms. The van der Waals surface area contributed by atoms with Crippen LogP contribution in [0.5, 0.6) is 0 Å². The fourth-order valence-corrected chi connectivity index (χ4v) is 2.61. The van der Waals surface area contributed by atoms with Gasteiger partial charge in [-0.2, -0.15) is 0 Å². The number of hydrogen-bond donors (Lipinski definition) is 2. The van der Waals surface area contributed by atoms with Gasteiger partial charge in [0.25, 0.3) is 0 Å². The SMILES string of the molecule is CNC(=O)Cn1c(SCC(=O)O)nc2cc(Br)cnc21. The minimum Gasteiger partial charge on any atom is -0.481 e. The number of pyridine rings is 1. The summed E-state index contributed by atoms with van der Waals surface area (Å²) in [4.78, 5) is 30.8. The largest absolute Gasteiger partial charge is 0.481 e. The molecule has 0 saturated carbocycles. The van der Waals surface area contributed by atoms with Crippen LogP contribution < -0.4 is 5.32 Å². The maximum Gasteiger partial charge on any atom is 0.313 e. The maximum atomic E-state index is 11.6. The van der Waals surface area contributed by atoms with Crippen LogP contribution in [0.3, 0.4) is 0 Å². The van der Waals surface area contributed by atoms with Crippen molar-refractivity contribution in [2.45, 2.75) is 11.7 Å². The highest BCUT2D eigenvalue weighted by molar-refractivity contribution is 9.10. The van der Waals surface area contributed by atoms with Gasteiger partial charge in [-0.05, 0) is 22.0 Å². The van der Waals surface area contributed by atoms with Crippen molar-refractivity contribution in [3.05, 3.63) is 16.7 Å². The lowest BCUT2D eigenvalue weighted by atomic mass is 10.4. The summed E-state index contributed by atoms with van der Waals surface area (Å²) in [5.41, 5.74) is 1.15. The van der Waals surface area contributed by atoms with Gasteiger partial charge in [-0.1, -0.05) is 11.8 Å². The first-order chi connectivity index (χ1) is 9.51. The third kappa shape index (κ3) is 3.28. The van der Waals surface area contributed by atoms with Crippen molar-refractivity contribution < 1.29 is 14.7 Å². The summed E-state index contributed by atoms with van der Waals surface area (Å²) >= 11 is 4.36. The molecule has 2 aromatic rings. The van der Waals surface area contributed by atoms with Gasteiger partial charge < -0.3 is 10.4 Å². The van der Waals surface area contributed by atoms with Crippen molar-refractivity contribution in [1.82, 2.24) is 19.9 Å². The Morgan fingerprint density at radius 2 is 2.30 bits per heavy atom. The van der Waals surface area contributed by atoms with Gasteiger partial charge in [-0.25, -0.2) is 9.97 Å². The highest BCUT2D eigenvalue weighted by atomic mass is 79.9. The third-order valence-electron chi connectivity index (χ3n) is 2.42. The van der Waals surface area contributed by atoms with E-state index in [2.05, 4.69) is 31.2 Å². The molecule has 20 heavy (non-hydrogen) atoms. The number of amides is 1. The van der Waals surface area contributed by atoms with Gasteiger partial charge in [-0.3, -0.25) is 14.2 Å². The van der Waals surface area contributed by atoms with E-state index >= 15 is 0 Å². The number of likely N-dealkylation sites (N-methyl/N-ethyl adjacent to an activating group) is 1. The van der Waals surface area contributed by atoms with Crippen molar-refractivity contribution in [2.24, 2.45) is 0 Å². The Labute approximate surface area is 126 Å². The number of carboxylic acid groups (broad SMARTS) is 1. The zero-order valence-electron chi connectivity index (χ0n) is 10.5. The van der Waals surface area contributed by atoms with E-state index in [4.69, 9.17) is 5.11 Å². The van der Waals surface area contributed by atoms with Crippen molar-refractivity contribution in [3.63, 3.8) is 0 Å². The van der Waals surface area contributed by atoms with Gasteiger partial charge in [0.15, 0.2) is 10.8 Å². The molecule has 7 nitrogen and oxygen atoms in total. The molecule has 9 heteroatoms. The quantitative estimate of drug-likeness (QED) is 0.777. The molecule has 0 aliphatic carbocycles. The van der Waals surface area contributed by atoms with Crippen LogP contribution in [0.15, 0.2) is 21.9 Å². The van der Waals surface area contributed by atoms with Gasteiger partial charge in [0.1, 0.15) is 12.1 Å². The van der Waals surface area contributed by atoms with Crippen LogP contribution in [-0.2, 0) is 16.1 Å². The van der Waals surface area contributed by atoms with Crippen molar-refractivity contribution in [2.75, 3.05) is 12.8 Å². The first-order valence-electron chi connectivity index (χ1n) is 5.58. The number of rotatable bonds is 5. The average Bonchev–Trinajstić information content (AvgIpc) is 2.73. The Bertz CT molecular complexity index is 673. The smallest absolute Gasteiger partial charge is 0.313 e. The molecule has 2 rings (SSSR count). The van der Waals surface area contributed by atoms with Crippen LogP contribution in [0, 0.1) is 0 Å². The monoisotopic (exact) mass is 358 g/mol. The Morgan fingerprint density at radius 1 is 1.55 bits per heavy atom. The highest BCUT2D eigenvalue weighted by Crippen LogP contribution is 2.24. The van der Waals surface area contributed by atoms with E-state index in [-0.39, 0.29) is 18.2 Å². The number of aromatic nitrogens is 3. The van der Waals surface area contributed by atoms with Crippen LogP contribution in [0.1, 0.15) is 0 Å². The summed E-state index contributed by atoms with van der Waals surface area (Å²) < 4.78 is 2.37. The van der Waals surface area contributed by atoms with Crippen molar-refractivity contribution in [1.29, 1.82) is 0 Å². The van der Waals surface area contributed by atoms with Crippen LogP contribution in [0.2, 0.25) is 0 Å². The molecule has 2 aromatic heterocycles. The van der Waals surface area contributed by atoms with Crippen LogP contribution in [-0.4, -0.2) is 44.3 Å². The van der Waals surface area contributed by atoms with Gasteiger partial charge >= 0.3 is 5.97 Å². The zero-order chi connectivity index (χ0) is 14.7. The summed E-state index contributed by atoms with van der Waals surface area (Å²) in [5, 5.41) is 11.7. The summed E-state index contributed by atoms with van der Waals surface area (Å²) in [6.07, 6.45) is 1.61. The molecule has 0 aliphatic rings. The Kier molecular flexibility index (Phi) is 4.61. The molecule has 106 valence electrons. The summed E-state index contributed by atoms with van der Waals surface area (Å²) in [5.74, 6) is -1.27. The molecular weight excluding hydrogens is 348 g/mol. The molecule has 1 amide bonds. The predicted octanol–water partition coefficient (Wildman–Crippen LogP) is 1.12. The predicted molar refractivity (Wildman–Crippen MR) is 77.7 cm³/mol. The van der Waals surface area contributed by atoms with Gasteiger partial charge in [-0.15, -0.1) is 0 Å². The molecule has 0 saturated heterocycles. The molecule has 0 radical (unpaired) electrons. The van der Waals surface area contributed by atoms with Gasteiger partial charge in [0.2, 0.25) is 5.91 Å². The first-order valence-corrected chi connectivity index (χ1v) is 7.36. The first kappa shape index (κ1) is 14.8. The van der Waals surface area contributed by atoms with Gasteiger partial charge in [0.05, 0.1) is 5.75 Å². The zero-order valence-corrected chi connectivity index (χ0v) is 12.9. The number of nitrogens with zero attached hydrogens (tertiary/aromatic N) is 3. The molecule has 0 unspecified atom stereocenters. The fourth-order valence-electron chi connectivity index (χ4n) is 1.57. The molecule has 2 N–H and O–H groups in total. The second-order valence-corrected chi connectivity index (χ2v) is 5.69. The van der Waals surface area contributed by atoms with Crippen molar-refractivity contribution >= 4 is 50.7 Å². The van der Waals surface area contributed by atoms with Crippen LogP contribution >= 0.6 is 27.7 Å². The van der Waals surface area contributed by atoms with E-state index < -0.39 is 5.97 Å². The number of fused-ring (bicyclic) bond motifs is 1. The van der Waals surface area contributed by atoms with E-state index in [9.17, 15) is 9.59 Å². The lowest BCUT2D eigenvalue weighted by molar-refractivity contribution is -0.133. The lowest BCUT2D eigenvalue weighted by Gasteiger charge is -2.06. The van der Waals surface area contributed by atoms with E-state index in [1.807, 2.05) is 0 Å². The van der Waals surface area contributed by atoms with Crippen molar-refractivity contribution in [3.8, 4) is 0 Å². The van der Waals surface area contributed by atoms with E-state index in [0.29, 0.717) is 16.3 Å². The molecule has 2 heterocycles. The number of thioether (sulfide) groups is 1. The summed E-state index contributed by atoms with van der Waals surface area (Å²) in [7, 11) is 1.54. The second kappa shape index (κ2) is 6.23. The molecule has 0 aromatic carbocycles. The van der Waals surface area contributed by atoms with Gasteiger partial charge in [0, 0.05) is 17.7 Å². The minimum absolute atomic E-state index is 0.0452. The second-order valence-electron chi connectivity index (χ2n) is 3.83. The number of carboxylic acids is 1. The Hall–Kier alpha value is -1.61. The topological polar surface area (TPSA) is 97.1 Å². The van der Waals surface area contributed by atoms with E-state index in [1.54, 1.807) is 16.8 Å². The summed E-state index contributed by atoms with van der Waals surface area (Å²) in [6.45, 7) is 0.0452. The minimum atomic E-state index is -0.942. The number of hydrogen-bond acceptors (Lipinski definition) is 5. The molecule has 0 atom stereocenters. The highest BCUT2D eigenvalue weighted by Gasteiger charge is 2.16. The number of carbonyl (C=O) groups excluding carboxylic acids is 1. The Morgan fingerprint density at radius 3 is 2.95 bits per heavy atom. The molecular formula is C11H11BrN4O3S. The number of halogens is 1. The average molecular weight is 359 g/mol. The van der Waals surface area contributed by atoms with Crippen LogP contribution in [0.25, 0.3) is 11.2 Å². The summed E-state index contributed by atoms with van der Waals surface area (Å²) in [6, 6.07) is 1.77. The molecule has 0 bridgehead atoms. The van der Waals surface area contributed by atoms with E-state index in [0.717, 1.165) is 16.2 Å². The number of imidazole rings is 1. The third-order valence-corrected chi connectivity index (χ3v) is 3.82.